The van der Waals surface area contributed by atoms with Crippen LogP contribution >= 0.6 is 67.8 Å². The molecular formula is C47H53I3O8. The second-order valence-corrected chi connectivity index (χ2v) is 19.6. The van der Waals surface area contributed by atoms with E-state index in [0.29, 0.717) is 31.3 Å². The Morgan fingerprint density at radius 3 is 1.71 bits per heavy atom. The van der Waals surface area contributed by atoms with E-state index in [4.69, 9.17) is 28.4 Å². The Morgan fingerprint density at radius 2 is 1.14 bits per heavy atom. The molecule has 58 heavy (non-hydrogen) atoms. The monoisotopic (exact) mass is 1130 g/mol. The molecule has 4 aromatic rings. The molecule has 2 fully saturated rings. The van der Waals surface area contributed by atoms with Gasteiger partial charge >= 0.3 is 11.9 Å². The van der Waals surface area contributed by atoms with Crippen molar-refractivity contribution in [2.45, 2.75) is 110 Å². The summed E-state index contributed by atoms with van der Waals surface area (Å²) in [6.45, 7) is 7.09. The van der Waals surface area contributed by atoms with Gasteiger partial charge in [-0.2, -0.15) is 0 Å². The molecule has 0 aromatic heterocycles. The van der Waals surface area contributed by atoms with Crippen LogP contribution in [0.1, 0.15) is 99.5 Å². The van der Waals surface area contributed by atoms with Crippen LogP contribution in [0.4, 0.5) is 0 Å². The first-order chi connectivity index (χ1) is 27.9. The third kappa shape index (κ3) is 12.9. The molecule has 0 bridgehead atoms. The number of carbonyl (C=O) groups is 2. The number of hydrogen-bond acceptors (Lipinski definition) is 8. The van der Waals surface area contributed by atoms with Crippen molar-refractivity contribution in [1.82, 2.24) is 0 Å². The maximum Gasteiger partial charge on any atom is 0.344 e. The minimum absolute atomic E-state index is 0.0848. The zero-order valence-corrected chi connectivity index (χ0v) is 40.1. The van der Waals surface area contributed by atoms with Crippen LogP contribution < -0.4 is 18.9 Å². The molecule has 2 aliphatic carbocycles. The molecule has 0 heterocycles. The maximum absolute atomic E-state index is 12.8. The standard InChI is InChI=1S/C47H53I3O8/c1-4-47(21-7-8-22-47)58-43(52)30-55-44-32(2)23-37(48)24-35(44)27-53-39-15-11-33(12-16-39)9-10-34-13-17-40(18-14-34)54-28-36-25-38(49)26-41(50)45(36)56-29-42(51)57-31-46(3)19-5-6-20-46/h11-18,23-26H,4-10,19-22,27-31H2,1-3H3. The number of esters is 2. The van der Waals surface area contributed by atoms with Gasteiger partial charge in [0.2, 0.25) is 0 Å². The quantitative estimate of drug-likeness (QED) is 0.0678. The number of benzene rings is 4. The van der Waals surface area contributed by atoms with Gasteiger partial charge < -0.3 is 28.4 Å². The Hall–Kier alpha value is -2.79. The van der Waals surface area contributed by atoms with Gasteiger partial charge in [-0.15, -0.1) is 0 Å². The molecule has 0 unspecified atom stereocenters. The minimum Gasteiger partial charge on any atom is -0.489 e. The summed E-state index contributed by atoms with van der Waals surface area (Å²) in [6.07, 6.45) is 11.2. The zero-order valence-electron chi connectivity index (χ0n) is 33.6. The van der Waals surface area contributed by atoms with Crippen LogP contribution in [0.15, 0.2) is 72.8 Å². The van der Waals surface area contributed by atoms with Crippen LogP contribution in [0.2, 0.25) is 0 Å². The summed E-state index contributed by atoms with van der Waals surface area (Å²) in [5, 5.41) is 0. The van der Waals surface area contributed by atoms with Crippen LogP contribution in [-0.2, 0) is 45.1 Å². The first-order valence-corrected chi connectivity index (χ1v) is 23.5. The van der Waals surface area contributed by atoms with E-state index in [1.54, 1.807) is 0 Å². The first kappa shape index (κ1) is 44.8. The predicted octanol–water partition coefficient (Wildman–Crippen LogP) is 11.9. The van der Waals surface area contributed by atoms with Crippen molar-refractivity contribution in [2.75, 3.05) is 19.8 Å². The molecule has 6 rings (SSSR count). The lowest BCUT2D eigenvalue weighted by atomic mass is 9.90. The van der Waals surface area contributed by atoms with Crippen molar-refractivity contribution in [1.29, 1.82) is 0 Å². The lowest BCUT2D eigenvalue weighted by molar-refractivity contribution is -0.162. The van der Waals surface area contributed by atoms with E-state index in [1.165, 1.54) is 24.0 Å². The van der Waals surface area contributed by atoms with Crippen molar-refractivity contribution in [3.8, 4) is 23.0 Å². The van der Waals surface area contributed by atoms with Crippen molar-refractivity contribution < 1.29 is 38.0 Å². The summed E-state index contributed by atoms with van der Waals surface area (Å²) >= 11 is 6.83. The minimum atomic E-state index is -0.344. The largest absolute Gasteiger partial charge is 0.489 e. The van der Waals surface area contributed by atoms with Crippen molar-refractivity contribution in [3.63, 3.8) is 0 Å². The highest BCUT2D eigenvalue weighted by atomic mass is 127. The van der Waals surface area contributed by atoms with E-state index >= 15 is 0 Å². The van der Waals surface area contributed by atoms with E-state index in [2.05, 4.69) is 106 Å². The molecule has 0 amide bonds. The number of rotatable bonds is 19. The first-order valence-electron chi connectivity index (χ1n) is 20.2. The van der Waals surface area contributed by atoms with Crippen LogP contribution in [0, 0.1) is 23.0 Å². The highest BCUT2D eigenvalue weighted by Gasteiger charge is 2.36. The van der Waals surface area contributed by atoms with Crippen molar-refractivity contribution >= 4 is 79.7 Å². The number of carbonyl (C=O) groups excluding carboxylic acids is 2. The second kappa shape index (κ2) is 21.1. The topological polar surface area (TPSA) is 89.5 Å². The highest BCUT2D eigenvalue weighted by molar-refractivity contribution is 14.1. The lowest BCUT2D eigenvalue weighted by Crippen LogP contribution is -2.33. The van der Waals surface area contributed by atoms with E-state index in [1.807, 2.05) is 55.5 Å². The van der Waals surface area contributed by atoms with Crippen LogP contribution in [0.3, 0.4) is 0 Å². The smallest absolute Gasteiger partial charge is 0.344 e. The lowest BCUT2D eigenvalue weighted by Gasteiger charge is -2.27. The Morgan fingerprint density at radius 1 is 0.638 bits per heavy atom. The third-order valence-corrected chi connectivity index (χ3v) is 13.3. The van der Waals surface area contributed by atoms with E-state index in [9.17, 15) is 9.59 Å². The Balaban J connectivity index is 0.959. The molecule has 2 aliphatic rings. The van der Waals surface area contributed by atoms with Gasteiger partial charge in [-0.3, -0.25) is 0 Å². The molecule has 2 saturated carbocycles. The molecule has 0 N–H and O–H groups in total. The van der Waals surface area contributed by atoms with E-state index in [0.717, 1.165) is 96.7 Å². The fourth-order valence-electron chi connectivity index (χ4n) is 7.86. The number of halogens is 3. The Labute approximate surface area is 384 Å². The summed E-state index contributed by atoms with van der Waals surface area (Å²) in [5.74, 6) is 2.19. The molecule has 4 aromatic carbocycles. The fourth-order valence-corrected chi connectivity index (χ4v) is 10.8. The molecule has 0 radical (unpaired) electrons. The van der Waals surface area contributed by atoms with Gasteiger partial charge in [0.25, 0.3) is 0 Å². The molecular weight excluding hydrogens is 1070 g/mol. The average molecular weight is 1130 g/mol. The van der Waals surface area contributed by atoms with Gasteiger partial charge in [0.1, 0.15) is 41.8 Å². The second-order valence-electron chi connectivity index (χ2n) is 15.9. The van der Waals surface area contributed by atoms with Gasteiger partial charge in [-0.1, -0.05) is 51.0 Å². The van der Waals surface area contributed by atoms with Crippen molar-refractivity contribution in [2.24, 2.45) is 5.41 Å². The van der Waals surface area contributed by atoms with Crippen LogP contribution in [0.5, 0.6) is 23.0 Å². The SMILES string of the molecule is CCC1(OC(=O)COc2c(C)cc(I)cc2COc2ccc(CCc3ccc(OCc4cc(I)cc(I)c4OCC(=O)OCC4(C)CCCC4)cc3)cc2)CCCC1. The maximum atomic E-state index is 12.8. The third-order valence-electron chi connectivity index (χ3n) is 11.3. The molecule has 0 spiro atoms. The Bertz CT molecular complexity index is 2000. The predicted molar refractivity (Wildman–Crippen MR) is 251 cm³/mol. The van der Waals surface area contributed by atoms with Gasteiger partial charge in [-0.05, 0) is 198 Å². The van der Waals surface area contributed by atoms with Crippen LogP contribution in [0.25, 0.3) is 0 Å². The molecule has 0 aliphatic heterocycles. The van der Waals surface area contributed by atoms with Crippen LogP contribution in [-0.4, -0.2) is 37.4 Å². The summed E-state index contributed by atoms with van der Waals surface area (Å²) in [7, 11) is 0. The molecule has 310 valence electrons. The van der Waals surface area contributed by atoms with Gasteiger partial charge in [-0.25, -0.2) is 9.59 Å². The summed E-state index contributed by atoms with van der Waals surface area (Å²) in [5.41, 5.74) is 4.90. The van der Waals surface area contributed by atoms with Gasteiger partial charge in [0.05, 0.1) is 10.2 Å². The van der Waals surface area contributed by atoms with Gasteiger partial charge in [0.15, 0.2) is 13.2 Å². The van der Waals surface area contributed by atoms with Gasteiger partial charge in [0, 0.05) is 23.7 Å². The fraction of sp³-hybridized carbons (Fsp3) is 0.447. The molecule has 0 saturated heterocycles. The zero-order chi connectivity index (χ0) is 41.1. The van der Waals surface area contributed by atoms with Crippen molar-refractivity contribution in [3.05, 3.63) is 111 Å². The molecule has 0 atom stereocenters. The number of ether oxygens (including phenoxy) is 6. The van der Waals surface area contributed by atoms with E-state index < -0.39 is 0 Å². The number of aryl methyl sites for hydroxylation is 3. The van der Waals surface area contributed by atoms with E-state index in [-0.39, 0.29) is 36.2 Å². The normalized spacial score (nSPS) is 15.5. The molecule has 8 nitrogen and oxygen atoms in total. The summed E-state index contributed by atoms with van der Waals surface area (Å²) < 4.78 is 39.1. The highest BCUT2D eigenvalue weighted by Crippen LogP contribution is 2.38. The number of hydrogen-bond donors (Lipinski definition) is 0. The average Bonchev–Trinajstić information content (AvgIpc) is 3.87. The summed E-state index contributed by atoms with van der Waals surface area (Å²) in [4.78, 5) is 25.3. The summed E-state index contributed by atoms with van der Waals surface area (Å²) in [6, 6.07) is 24.5. The Kier molecular flexibility index (Phi) is 16.3. The molecule has 11 heteroatoms.